The second kappa shape index (κ2) is 12.1. The van der Waals surface area contributed by atoms with E-state index in [-0.39, 0.29) is 11.3 Å². The van der Waals surface area contributed by atoms with Gasteiger partial charge in [0, 0.05) is 5.41 Å². The second-order valence-electron chi connectivity index (χ2n) is 7.11. The molecule has 0 radical (unpaired) electrons. The van der Waals surface area contributed by atoms with Crippen LogP contribution in [0.5, 0.6) is 0 Å². The third-order valence-corrected chi connectivity index (χ3v) is 5.06. The Morgan fingerprint density at radius 3 is 1.67 bits per heavy atom. The molecular weight excluding hydrogens is 258 g/mol. The van der Waals surface area contributed by atoms with Gasteiger partial charge >= 0.3 is 0 Å². The van der Waals surface area contributed by atoms with Gasteiger partial charge in [0.25, 0.3) is 0 Å². The van der Waals surface area contributed by atoms with Gasteiger partial charge < -0.3 is 5.73 Å². The lowest BCUT2D eigenvalue weighted by atomic mass is 9.77. The van der Waals surface area contributed by atoms with Gasteiger partial charge in [0.15, 0.2) is 0 Å². The Labute approximate surface area is 133 Å². The molecule has 0 atom stereocenters. The van der Waals surface area contributed by atoms with Gasteiger partial charge in [0.1, 0.15) is 0 Å². The number of amides is 1. The predicted octanol–water partition coefficient (Wildman–Crippen LogP) is 5.84. The molecule has 0 bridgehead atoms. The van der Waals surface area contributed by atoms with E-state index in [1.165, 1.54) is 51.4 Å². The topological polar surface area (TPSA) is 43.1 Å². The first-order chi connectivity index (χ1) is 9.98. The van der Waals surface area contributed by atoms with Crippen LogP contribution in [0.1, 0.15) is 105 Å². The van der Waals surface area contributed by atoms with E-state index in [0.717, 1.165) is 31.6 Å². The number of carbonyl (C=O) groups excluding carboxylic acids is 1. The molecule has 0 aliphatic rings. The monoisotopic (exact) mass is 297 g/mol. The van der Waals surface area contributed by atoms with Gasteiger partial charge in [0.2, 0.25) is 5.91 Å². The second-order valence-corrected chi connectivity index (χ2v) is 7.11. The first kappa shape index (κ1) is 20.5. The van der Waals surface area contributed by atoms with Crippen LogP contribution in [0, 0.1) is 11.3 Å². The number of hydrogen-bond acceptors (Lipinski definition) is 1. The number of nitrogens with two attached hydrogens (primary N) is 1. The summed E-state index contributed by atoms with van der Waals surface area (Å²) >= 11 is 0. The summed E-state index contributed by atoms with van der Waals surface area (Å²) < 4.78 is 0. The number of carbonyl (C=O) groups is 1. The molecule has 0 saturated carbocycles. The molecule has 0 heterocycles. The normalized spacial score (nSPS) is 12.0. The van der Waals surface area contributed by atoms with Crippen LogP contribution >= 0.6 is 0 Å². The molecule has 0 aliphatic heterocycles. The minimum Gasteiger partial charge on any atom is -0.369 e. The Hall–Kier alpha value is -0.530. The van der Waals surface area contributed by atoms with Gasteiger partial charge in [-0.15, -0.1) is 0 Å². The van der Waals surface area contributed by atoms with Crippen LogP contribution in [0.15, 0.2) is 0 Å². The summed E-state index contributed by atoms with van der Waals surface area (Å²) in [6.45, 7) is 8.79. The molecule has 0 saturated heterocycles. The Bertz CT molecular complexity index is 256. The lowest BCUT2D eigenvalue weighted by Crippen LogP contribution is -2.36. The van der Waals surface area contributed by atoms with Crippen molar-refractivity contribution in [3.63, 3.8) is 0 Å². The molecule has 126 valence electrons. The molecule has 0 spiro atoms. The van der Waals surface area contributed by atoms with Crippen molar-refractivity contribution < 1.29 is 4.79 Å². The SMILES string of the molecule is CCC(CC)(CCCCCCCCCCC(C)C)C(N)=O. The number of unbranched alkanes of at least 4 members (excludes halogenated alkanes) is 7. The molecule has 0 aromatic heterocycles. The highest BCUT2D eigenvalue weighted by atomic mass is 16.1. The lowest BCUT2D eigenvalue weighted by Gasteiger charge is -2.27. The van der Waals surface area contributed by atoms with Crippen molar-refractivity contribution in [2.45, 2.75) is 105 Å². The summed E-state index contributed by atoms with van der Waals surface area (Å²) in [5.74, 6) is 0.755. The Morgan fingerprint density at radius 2 is 1.29 bits per heavy atom. The van der Waals surface area contributed by atoms with Crippen LogP contribution in [0.3, 0.4) is 0 Å². The molecule has 0 fully saturated rings. The maximum atomic E-state index is 11.6. The molecule has 1 amide bonds. The zero-order valence-electron chi connectivity index (χ0n) is 15.0. The standard InChI is InChI=1S/C19H39NO/c1-5-19(6-2,18(20)21)16-14-12-10-8-7-9-11-13-15-17(3)4/h17H,5-16H2,1-4H3,(H2,20,21). The molecule has 0 aliphatic carbocycles. The van der Waals surface area contributed by atoms with Crippen LogP contribution < -0.4 is 5.73 Å². The van der Waals surface area contributed by atoms with E-state index in [4.69, 9.17) is 5.73 Å². The summed E-state index contributed by atoms with van der Waals surface area (Å²) in [5, 5.41) is 0. The number of rotatable bonds is 14. The predicted molar refractivity (Wildman–Crippen MR) is 93.2 cm³/mol. The summed E-state index contributed by atoms with van der Waals surface area (Å²) in [5.41, 5.74) is 5.34. The molecule has 0 rings (SSSR count). The van der Waals surface area contributed by atoms with Crippen molar-refractivity contribution in [2.24, 2.45) is 17.1 Å². The Kier molecular flexibility index (Phi) is 11.8. The summed E-state index contributed by atoms with van der Waals surface area (Å²) in [7, 11) is 0. The van der Waals surface area contributed by atoms with Crippen molar-refractivity contribution in [1.82, 2.24) is 0 Å². The minimum atomic E-state index is -0.239. The zero-order chi connectivity index (χ0) is 16.1. The average molecular weight is 298 g/mol. The van der Waals surface area contributed by atoms with Crippen molar-refractivity contribution >= 4 is 5.91 Å². The average Bonchev–Trinajstić information content (AvgIpc) is 2.44. The number of hydrogen-bond donors (Lipinski definition) is 1. The third kappa shape index (κ3) is 9.16. The van der Waals surface area contributed by atoms with Gasteiger partial charge in [-0.2, -0.15) is 0 Å². The quantitative estimate of drug-likeness (QED) is 0.402. The van der Waals surface area contributed by atoms with E-state index >= 15 is 0 Å². The fourth-order valence-corrected chi connectivity index (χ4v) is 3.15. The molecule has 0 aromatic carbocycles. The van der Waals surface area contributed by atoms with Gasteiger partial charge in [-0.3, -0.25) is 4.79 Å². The highest BCUT2D eigenvalue weighted by Gasteiger charge is 2.31. The largest absolute Gasteiger partial charge is 0.369 e. The van der Waals surface area contributed by atoms with Crippen molar-refractivity contribution in [3.8, 4) is 0 Å². The van der Waals surface area contributed by atoms with E-state index < -0.39 is 0 Å². The first-order valence-corrected chi connectivity index (χ1v) is 9.28. The van der Waals surface area contributed by atoms with Gasteiger partial charge in [-0.1, -0.05) is 85.5 Å². The summed E-state index contributed by atoms with van der Waals surface area (Å²) in [4.78, 5) is 11.6. The lowest BCUT2D eigenvalue weighted by molar-refractivity contribution is -0.128. The van der Waals surface area contributed by atoms with Gasteiger partial charge in [-0.25, -0.2) is 0 Å². The van der Waals surface area contributed by atoms with E-state index in [1.807, 2.05) is 0 Å². The smallest absolute Gasteiger partial charge is 0.223 e. The van der Waals surface area contributed by atoms with Crippen molar-refractivity contribution in [1.29, 1.82) is 0 Å². The van der Waals surface area contributed by atoms with Crippen LogP contribution in [0.4, 0.5) is 0 Å². The van der Waals surface area contributed by atoms with Crippen molar-refractivity contribution in [3.05, 3.63) is 0 Å². The minimum absolute atomic E-state index is 0.0994. The first-order valence-electron chi connectivity index (χ1n) is 9.28. The van der Waals surface area contributed by atoms with Crippen LogP contribution in [-0.2, 0) is 4.79 Å². The third-order valence-electron chi connectivity index (χ3n) is 5.06. The van der Waals surface area contributed by atoms with Crippen LogP contribution in [0.2, 0.25) is 0 Å². The van der Waals surface area contributed by atoms with Gasteiger partial charge in [0.05, 0.1) is 0 Å². The maximum Gasteiger partial charge on any atom is 0.223 e. The Balaban J connectivity index is 3.53. The Morgan fingerprint density at radius 1 is 0.857 bits per heavy atom. The van der Waals surface area contributed by atoms with E-state index in [0.29, 0.717) is 0 Å². The van der Waals surface area contributed by atoms with Crippen molar-refractivity contribution in [2.75, 3.05) is 0 Å². The summed E-state index contributed by atoms with van der Waals surface area (Å²) in [6.07, 6.45) is 14.7. The highest BCUT2D eigenvalue weighted by molar-refractivity contribution is 5.80. The molecule has 0 aromatic rings. The molecule has 2 nitrogen and oxygen atoms in total. The van der Waals surface area contributed by atoms with E-state index in [9.17, 15) is 4.79 Å². The van der Waals surface area contributed by atoms with E-state index in [2.05, 4.69) is 27.7 Å². The molecule has 2 N–H and O–H groups in total. The molecule has 2 heteroatoms. The maximum absolute atomic E-state index is 11.6. The molecular formula is C19H39NO. The number of primary amides is 1. The molecule has 0 unspecified atom stereocenters. The van der Waals surface area contributed by atoms with Crippen LogP contribution in [-0.4, -0.2) is 5.91 Å². The molecule has 21 heavy (non-hydrogen) atoms. The fraction of sp³-hybridized carbons (Fsp3) is 0.947. The highest BCUT2D eigenvalue weighted by Crippen LogP contribution is 2.32. The zero-order valence-corrected chi connectivity index (χ0v) is 15.0. The summed E-state index contributed by atoms with van der Waals surface area (Å²) in [6, 6.07) is 0. The van der Waals surface area contributed by atoms with Gasteiger partial charge in [-0.05, 0) is 25.2 Å². The van der Waals surface area contributed by atoms with E-state index in [1.54, 1.807) is 0 Å². The fourth-order valence-electron chi connectivity index (χ4n) is 3.15. The van der Waals surface area contributed by atoms with Crippen LogP contribution in [0.25, 0.3) is 0 Å².